The lowest BCUT2D eigenvalue weighted by Gasteiger charge is -2.57. The number of nitrogens with zero attached hydrogens (tertiary/aromatic N) is 3. The summed E-state index contributed by atoms with van der Waals surface area (Å²) >= 11 is 6.25. The molecule has 192 valence electrons. The Morgan fingerprint density at radius 3 is 2.56 bits per heavy atom. The van der Waals surface area contributed by atoms with E-state index < -0.39 is 27.6 Å². The van der Waals surface area contributed by atoms with Crippen molar-refractivity contribution in [3.05, 3.63) is 41.4 Å². The number of aliphatic hydroxyl groups is 1. The van der Waals surface area contributed by atoms with Crippen LogP contribution in [0.2, 0.25) is 5.02 Å². The topological polar surface area (TPSA) is 112 Å². The molecule has 1 aromatic heterocycles. The SMILES string of the molecule is O=C(NS(=O)(=O)c1cccc(N2CCC(O)C2)n1)C1(Oc2cc(Cl)ccc2N2CC3(CCC3)C2)CC1. The molecule has 4 fully saturated rings. The fourth-order valence-corrected chi connectivity index (χ4v) is 6.57. The largest absolute Gasteiger partial charge is 0.475 e. The van der Waals surface area contributed by atoms with Gasteiger partial charge in [-0.15, -0.1) is 0 Å². The number of pyridine rings is 1. The third kappa shape index (κ3) is 4.29. The minimum Gasteiger partial charge on any atom is -0.475 e. The number of benzene rings is 1. The van der Waals surface area contributed by atoms with Gasteiger partial charge in [-0.2, -0.15) is 8.42 Å². The molecule has 2 saturated heterocycles. The van der Waals surface area contributed by atoms with Crippen LogP contribution in [0.5, 0.6) is 5.75 Å². The Balaban J connectivity index is 1.18. The molecule has 1 aromatic carbocycles. The van der Waals surface area contributed by atoms with Gasteiger partial charge in [-0.25, -0.2) is 9.71 Å². The number of aliphatic hydroxyl groups excluding tert-OH is 1. The van der Waals surface area contributed by atoms with Crippen molar-refractivity contribution in [3.63, 3.8) is 0 Å². The molecule has 4 aliphatic rings. The number of ether oxygens (including phenoxy) is 1. The zero-order chi connectivity index (χ0) is 25.1. The van der Waals surface area contributed by atoms with Gasteiger partial charge in [-0.3, -0.25) is 4.79 Å². The Kier molecular flexibility index (Phi) is 5.62. The van der Waals surface area contributed by atoms with E-state index in [2.05, 4.69) is 14.6 Å². The van der Waals surface area contributed by atoms with Crippen molar-refractivity contribution in [3.8, 4) is 5.75 Å². The van der Waals surface area contributed by atoms with Crippen molar-refractivity contribution < 1.29 is 23.1 Å². The van der Waals surface area contributed by atoms with Crippen molar-refractivity contribution in [2.24, 2.45) is 5.41 Å². The third-order valence-corrected chi connectivity index (χ3v) is 9.32. The highest BCUT2D eigenvalue weighted by Gasteiger charge is 2.55. The van der Waals surface area contributed by atoms with E-state index in [-0.39, 0.29) is 5.03 Å². The number of hydrogen-bond donors (Lipinski definition) is 2. The summed E-state index contributed by atoms with van der Waals surface area (Å²) in [4.78, 5) is 21.5. The molecule has 2 saturated carbocycles. The summed E-state index contributed by atoms with van der Waals surface area (Å²) in [6.45, 7) is 2.88. The number of nitrogens with one attached hydrogen (secondary N) is 1. The second-order valence-electron chi connectivity index (χ2n) is 10.6. The van der Waals surface area contributed by atoms with Crippen molar-refractivity contribution in [1.29, 1.82) is 0 Å². The molecule has 6 rings (SSSR count). The molecule has 9 nitrogen and oxygen atoms in total. The van der Waals surface area contributed by atoms with Gasteiger partial charge in [0, 0.05) is 55.5 Å². The van der Waals surface area contributed by atoms with Crippen molar-refractivity contribution in [2.75, 3.05) is 36.0 Å². The predicted octanol–water partition coefficient (Wildman–Crippen LogP) is 2.71. The Bertz CT molecular complexity index is 1300. The highest BCUT2D eigenvalue weighted by Crippen LogP contribution is 2.52. The molecule has 1 unspecified atom stereocenters. The van der Waals surface area contributed by atoms with Gasteiger partial charge in [-0.1, -0.05) is 24.1 Å². The van der Waals surface area contributed by atoms with Gasteiger partial charge in [0.15, 0.2) is 10.6 Å². The summed E-state index contributed by atoms with van der Waals surface area (Å²) in [5.41, 5.74) is 0.0253. The summed E-state index contributed by atoms with van der Waals surface area (Å²) in [6.07, 6.45) is 4.69. The number of carbonyl (C=O) groups is 1. The van der Waals surface area contributed by atoms with E-state index in [1.807, 2.05) is 11.0 Å². The molecule has 1 amide bonds. The zero-order valence-corrected chi connectivity index (χ0v) is 21.4. The van der Waals surface area contributed by atoms with E-state index in [1.54, 1.807) is 24.3 Å². The fourth-order valence-electron chi connectivity index (χ4n) is 5.40. The normalized spacial score (nSPS) is 23.7. The van der Waals surface area contributed by atoms with Gasteiger partial charge in [0.1, 0.15) is 11.6 Å². The maximum atomic E-state index is 13.2. The number of carbonyl (C=O) groups excluding carboxylic acids is 1. The van der Waals surface area contributed by atoms with Crippen LogP contribution < -0.4 is 19.3 Å². The Hall–Kier alpha value is -2.56. The molecule has 2 aliphatic heterocycles. The average Bonchev–Trinajstić information content (AvgIpc) is 3.44. The van der Waals surface area contributed by atoms with E-state index in [0.29, 0.717) is 54.4 Å². The molecule has 1 atom stereocenters. The van der Waals surface area contributed by atoms with Gasteiger partial charge < -0.3 is 19.6 Å². The maximum Gasteiger partial charge on any atom is 0.281 e. The number of aromatic nitrogens is 1. The second-order valence-corrected chi connectivity index (χ2v) is 12.6. The number of hydrogen-bond acceptors (Lipinski definition) is 8. The summed E-state index contributed by atoms with van der Waals surface area (Å²) in [7, 11) is -4.22. The molecule has 0 bridgehead atoms. The first-order valence-corrected chi connectivity index (χ1v) is 14.2. The van der Waals surface area contributed by atoms with Crippen molar-refractivity contribution >= 4 is 39.0 Å². The number of rotatable bonds is 7. The van der Waals surface area contributed by atoms with Crippen LogP contribution in [0.4, 0.5) is 11.5 Å². The summed E-state index contributed by atoms with van der Waals surface area (Å²) in [6, 6.07) is 10.0. The fraction of sp³-hybridized carbons (Fsp3) is 0.520. The monoisotopic (exact) mass is 532 g/mol. The van der Waals surface area contributed by atoms with Gasteiger partial charge in [0.25, 0.3) is 15.9 Å². The van der Waals surface area contributed by atoms with Crippen LogP contribution in [0, 0.1) is 5.41 Å². The Labute approximate surface area is 215 Å². The highest BCUT2D eigenvalue weighted by atomic mass is 35.5. The van der Waals surface area contributed by atoms with Crippen LogP contribution in [0.3, 0.4) is 0 Å². The van der Waals surface area contributed by atoms with Crippen LogP contribution in [-0.4, -0.2) is 62.3 Å². The smallest absolute Gasteiger partial charge is 0.281 e. The van der Waals surface area contributed by atoms with Crippen LogP contribution >= 0.6 is 11.6 Å². The summed E-state index contributed by atoms with van der Waals surface area (Å²) < 4.78 is 34.5. The van der Waals surface area contributed by atoms with Crippen LogP contribution in [-0.2, 0) is 14.8 Å². The van der Waals surface area contributed by atoms with Crippen molar-refractivity contribution in [2.45, 2.75) is 55.3 Å². The predicted molar refractivity (Wildman–Crippen MR) is 135 cm³/mol. The first-order chi connectivity index (χ1) is 17.2. The highest BCUT2D eigenvalue weighted by molar-refractivity contribution is 7.90. The molecule has 11 heteroatoms. The molecular weight excluding hydrogens is 504 g/mol. The Morgan fingerprint density at radius 1 is 1.14 bits per heavy atom. The Morgan fingerprint density at radius 2 is 1.92 bits per heavy atom. The maximum absolute atomic E-state index is 13.2. The van der Waals surface area contributed by atoms with Gasteiger partial charge in [0.2, 0.25) is 0 Å². The molecule has 36 heavy (non-hydrogen) atoms. The minimum absolute atomic E-state index is 0.250. The standard InChI is InChI=1S/C25H29ClN4O5S/c26-17-5-6-19(30-15-24(16-30)8-2-9-24)20(13-17)35-25(10-11-25)23(32)28-36(33,34)22-4-1-3-21(27-22)29-12-7-18(31)14-29/h1,3-6,13,18,31H,2,7-12,14-16H2,(H,28,32). The number of halogens is 1. The van der Waals surface area contributed by atoms with Crippen LogP contribution in [0.15, 0.2) is 41.4 Å². The van der Waals surface area contributed by atoms with Crippen LogP contribution in [0.1, 0.15) is 38.5 Å². The molecular formula is C25H29ClN4O5S. The third-order valence-electron chi connectivity index (χ3n) is 7.85. The lowest BCUT2D eigenvalue weighted by molar-refractivity contribution is -0.127. The molecule has 1 spiro atoms. The lowest BCUT2D eigenvalue weighted by Crippen LogP contribution is -2.60. The molecule has 2 aromatic rings. The summed E-state index contributed by atoms with van der Waals surface area (Å²) in [5.74, 6) is 0.229. The van der Waals surface area contributed by atoms with E-state index in [4.69, 9.17) is 16.3 Å². The van der Waals surface area contributed by atoms with Gasteiger partial charge in [0.05, 0.1) is 11.8 Å². The quantitative estimate of drug-likeness (QED) is 0.560. The zero-order valence-electron chi connectivity index (χ0n) is 19.8. The minimum atomic E-state index is -4.22. The van der Waals surface area contributed by atoms with E-state index in [9.17, 15) is 18.3 Å². The molecule has 2 N–H and O–H groups in total. The van der Waals surface area contributed by atoms with Gasteiger partial charge >= 0.3 is 0 Å². The van der Waals surface area contributed by atoms with Crippen LogP contribution in [0.25, 0.3) is 0 Å². The number of sulfonamides is 1. The van der Waals surface area contributed by atoms with E-state index in [0.717, 1.165) is 18.8 Å². The summed E-state index contributed by atoms with van der Waals surface area (Å²) in [5, 5.41) is 10.0. The first kappa shape index (κ1) is 23.8. The molecule has 0 radical (unpaired) electrons. The van der Waals surface area contributed by atoms with Gasteiger partial charge in [-0.05, 0) is 43.5 Å². The van der Waals surface area contributed by atoms with E-state index in [1.165, 1.54) is 25.3 Å². The molecule has 3 heterocycles. The molecule has 2 aliphatic carbocycles. The lowest BCUT2D eigenvalue weighted by atomic mass is 9.63. The average molecular weight is 533 g/mol. The van der Waals surface area contributed by atoms with Crippen molar-refractivity contribution in [1.82, 2.24) is 9.71 Å². The first-order valence-electron chi connectivity index (χ1n) is 12.4. The number of anilines is 2. The van der Waals surface area contributed by atoms with E-state index >= 15 is 0 Å². The number of β-amino-alcohol motifs (C(OH)–C–C–N with tert-alkyl or cyclic N) is 1. The number of amides is 1. The second kappa shape index (κ2) is 8.49.